The first-order chi connectivity index (χ1) is 26.7. The highest BCUT2D eigenvalue weighted by Crippen LogP contribution is 2.31. The van der Waals surface area contributed by atoms with Crippen LogP contribution in [0, 0.1) is 6.92 Å². The smallest absolute Gasteiger partial charge is 0.357 e. The average Bonchev–Trinajstić information content (AvgIpc) is 3.14. The van der Waals surface area contributed by atoms with Crippen molar-refractivity contribution in [3.8, 4) is 11.5 Å². The molecule has 4 aromatic carbocycles. The molecule has 6 rings (SSSR count). The molecule has 2 atom stereocenters. The largest absolute Gasteiger partial charge is 0.395 e. The summed E-state index contributed by atoms with van der Waals surface area (Å²) in [4.78, 5) is 26.2. The van der Waals surface area contributed by atoms with Crippen LogP contribution in [0.25, 0.3) is 12.2 Å². The fourth-order valence-corrected chi connectivity index (χ4v) is 5.46. The summed E-state index contributed by atoms with van der Waals surface area (Å²) in [7, 11) is 0. The van der Waals surface area contributed by atoms with E-state index >= 15 is 0 Å². The van der Waals surface area contributed by atoms with Gasteiger partial charge in [0.1, 0.15) is 5.82 Å². The van der Waals surface area contributed by atoms with E-state index in [9.17, 15) is 22.6 Å². The van der Waals surface area contributed by atoms with Gasteiger partial charge in [0.25, 0.3) is 0 Å². The van der Waals surface area contributed by atoms with Gasteiger partial charge in [-0.05, 0) is 55.5 Å². The molecule has 18 nitrogen and oxygen atoms in total. The van der Waals surface area contributed by atoms with E-state index in [-0.39, 0.29) is 48.4 Å². The Morgan fingerprint density at radius 2 is 0.964 bits per heavy atom. The third-order valence-corrected chi connectivity index (χ3v) is 7.79. The lowest BCUT2D eigenvalue weighted by molar-refractivity contribution is 0.311. The summed E-state index contributed by atoms with van der Waals surface area (Å²) in [6, 6.07) is 28.2. The summed E-state index contributed by atoms with van der Waals surface area (Å²) in [5.74, 6) is 1.55. The minimum atomic E-state index is -2.69. The lowest BCUT2D eigenvalue weighted by atomic mass is 10.1. The van der Waals surface area contributed by atoms with Gasteiger partial charge >= 0.3 is 22.7 Å². The molecule has 0 saturated heterocycles. The molecule has 20 heteroatoms. The van der Waals surface area contributed by atoms with Gasteiger partial charge in [-0.1, -0.05) is 48.6 Å². The van der Waals surface area contributed by atoms with Crippen LogP contribution < -0.4 is 35.0 Å². The van der Waals surface area contributed by atoms with Crippen LogP contribution in [0.1, 0.15) is 17.0 Å². The monoisotopic (exact) mass is 783 g/mol. The van der Waals surface area contributed by atoms with Gasteiger partial charge in [-0.2, -0.15) is 38.3 Å². The van der Waals surface area contributed by atoms with Crippen molar-refractivity contribution in [2.75, 3.05) is 39.7 Å². The first-order valence-electron chi connectivity index (χ1n) is 16.3. The Morgan fingerprint density at radius 3 is 1.38 bits per heavy atom. The van der Waals surface area contributed by atoms with Crippen molar-refractivity contribution < 1.29 is 31.0 Å². The topological polar surface area (TPSA) is 251 Å². The van der Waals surface area contributed by atoms with Crippen LogP contribution >= 0.6 is 0 Å². The lowest BCUT2D eigenvalue weighted by Gasteiger charge is -2.13. The molecular weight excluding hydrogens is 751 g/mol. The summed E-state index contributed by atoms with van der Waals surface area (Å²) < 4.78 is 53.2. The second-order valence-electron chi connectivity index (χ2n) is 11.2. The van der Waals surface area contributed by atoms with E-state index < -0.39 is 22.7 Å². The van der Waals surface area contributed by atoms with Crippen molar-refractivity contribution in [1.29, 1.82) is 0 Å². The molecule has 0 bridgehead atoms. The number of nitrogens with zero attached hydrogens (tertiary/aromatic N) is 6. The van der Waals surface area contributed by atoms with Gasteiger partial charge < -0.3 is 40.1 Å². The number of aryl methyl sites for hydroxylation is 1. The van der Waals surface area contributed by atoms with Crippen molar-refractivity contribution in [3.05, 3.63) is 114 Å². The van der Waals surface area contributed by atoms with Crippen LogP contribution in [0.15, 0.2) is 97.1 Å². The Labute approximate surface area is 319 Å². The van der Waals surface area contributed by atoms with Crippen LogP contribution in [0.5, 0.6) is 11.5 Å². The van der Waals surface area contributed by atoms with E-state index in [0.29, 0.717) is 34.3 Å². The molecule has 0 fully saturated rings. The fourth-order valence-electron chi connectivity index (χ4n) is 4.86. The minimum Gasteiger partial charge on any atom is -0.395 e. The maximum atomic E-state index is 11.8. The zero-order chi connectivity index (χ0) is 38.6. The molecule has 0 amide bonds. The number of anilines is 9. The maximum absolute atomic E-state index is 11.8. The van der Waals surface area contributed by atoms with Crippen molar-refractivity contribution in [1.82, 2.24) is 29.9 Å². The third-order valence-electron chi connectivity index (χ3n) is 7.14. The van der Waals surface area contributed by atoms with Crippen LogP contribution in [0.4, 0.5) is 52.5 Å². The highest BCUT2D eigenvalue weighted by atomic mass is 32.2. The molecule has 2 unspecified atom stereocenters. The summed E-state index contributed by atoms with van der Waals surface area (Å²) in [6.07, 6.45) is 3.14. The summed E-state index contributed by atoms with van der Waals surface area (Å²) >= 11 is -5.36. The lowest BCUT2D eigenvalue weighted by Crippen LogP contribution is -2.12. The molecule has 55 heavy (non-hydrogen) atoms. The zero-order valence-corrected chi connectivity index (χ0v) is 30.4. The van der Waals surface area contributed by atoms with E-state index in [1.807, 2.05) is 60.7 Å². The number of rotatable bonds is 17. The number of aliphatic hydroxyl groups excluding tert-OH is 1. The van der Waals surface area contributed by atoms with Crippen molar-refractivity contribution in [2.24, 2.45) is 0 Å². The van der Waals surface area contributed by atoms with Crippen LogP contribution in [0.3, 0.4) is 0 Å². The molecule has 2 heterocycles. The third kappa shape index (κ3) is 11.5. The van der Waals surface area contributed by atoms with Crippen LogP contribution in [-0.2, 0) is 22.7 Å². The summed E-state index contributed by atoms with van der Waals surface area (Å²) in [5.41, 5.74) is 3.12. The Kier molecular flexibility index (Phi) is 12.8. The summed E-state index contributed by atoms with van der Waals surface area (Å²) in [5, 5.41) is 24.5. The van der Waals surface area contributed by atoms with Gasteiger partial charge in [0.15, 0.2) is 11.5 Å². The molecule has 8 N–H and O–H groups in total. The van der Waals surface area contributed by atoms with Crippen LogP contribution in [0.2, 0.25) is 0 Å². The molecule has 0 radical (unpaired) electrons. The minimum absolute atomic E-state index is 0.00835. The first-order valence-corrected chi connectivity index (χ1v) is 18.3. The standard InChI is InChI=1S/C35H33N11O7S2/c1-22-37-32(39-25-8-4-2-5-9-25)45-33(38-22)41-27-16-14-23(29(20-27)52-54(48)49)12-13-24-15-17-28(21-30(24)53-55(50)51)42-35-44-31(36-18-19-47)43-34(46-35)40-26-10-6-3-7-11-26/h2-17,20-21,47H,18-19H2,1H3,(H,48,49)(H,50,51)(H2,37,38,39,41,45)(H3,36,40,42,43,44,46)/b13-12+. The number of para-hydroxylation sites is 2. The molecule has 0 saturated carbocycles. The van der Waals surface area contributed by atoms with Gasteiger partial charge in [0.2, 0.25) is 29.7 Å². The highest BCUT2D eigenvalue weighted by molar-refractivity contribution is 7.74. The summed E-state index contributed by atoms with van der Waals surface area (Å²) in [6.45, 7) is 1.77. The predicted octanol–water partition coefficient (Wildman–Crippen LogP) is 5.95. The number of benzene rings is 4. The van der Waals surface area contributed by atoms with Gasteiger partial charge in [-0.15, -0.1) is 0 Å². The molecule has 6 aromatic rings. The molecule has 2 aromatic heterocycles. The molecular formula is C35H33N11O7S2. The van der Waals surface area contributed by atoms with Gasteiger partial charge in [-0.25, -0.2) is 0 Å². The van der Waals surface area contributed by atoms with Gasteiger partial charge in [0, 0.05) is 52.6 Å². The Balaban J connectivity index is 1.23. The Bertz CT molecular complexity index is 2320. The SMILES string of the molecule is Cc1nc(Nc2ccccc2)nc(Nc2ccc(/C=C/c3ccc(Nc4nc(NCCO)nc(Nc5ccccc5)n4)cc3OS(=O)O)c(OS(=O)O)c2)n1. The quantitative estimate of drug-likeness (QED) is 0.0393. The predicted molar refractivity (Wildman–Crippen MR) is 211 cm³/mol. The normalized spacial score (nSPS) is 12.1. The van der Waals surface area contributed by atoms with E-state index in [1.165, 1.54) is 12.1 Å². The van der Waals surface area contributed by atoms with E-state index in [1.54, 1.807) is 43.3 Å². The molecule has 0 aliphatic carbocycles. The fraction of sp³-hybridized carbons (Fsp3) is 0.0857. The van der Waals surface area contributed by atoms with Crippen molar-refractivity contribution in [2.45, 2.75) is 6.92 Å². The Morgan fingerprint density at radius 1 is 0.564 bits per heavy atom. The number of aliphatic hydroxyl groups is 1. The van der Waals surface area contributed by atoms with Crippen LogP contribution in [-0.4, -0.2) is 65.7 Å². The number of nitrogens with one attached hydrogen (secondary N) is 5. The maximum Gasteiger partial charge on any atom is 0.357 e. The second-order valence-corrected chi connectivity index (χ2v) is 12.4. The molecule has 0 aliphatic heterocycles. The van der Waals surface area contributed by atoms with Gasteiger partial charge in [0.05, 0.1) is 6.61 Å². The van der Waals surface area contributed by atoms with Crippen molar-refractivity contribution >= 4 is 87.4 Å². The second kappa shape index (κ2) is 18.4. The molecule has 282 valence electrons. The zero-order valence-electron chi connectivity index (χ0n) is 28.8. The highest BCUT2D eigenvalue weighted by Gasteiger charge is 2.13. The number of hydrogen-bond donors (Lipinski definition) is 8. The average molecular weight is 784 g/mol. The van der Waals surface area contributed by atoms with E-state index in [4.69, 9.17) is 8.37 Å². The van der Waals surface area contributed by atoms with Crippen molar-refractivity contribution in [3.63, 3.8) is 0 Å². The number of hydrogen-bond acceptors (Lipinski definition) is 16. The van der Waals surface area contributed by atoms with E-state index in [0.717, 1.165) is 11.4 Å². The first kappa shape index (κ1) is 38.2. The van der Waals surface area contributed by atoms with Gasteiger partial charge in [-0.3, -0.25) is 9.11 Å². The molecule has 0 aliphatic rings. The number of aromatic nitrogens is 6. The Hall–Kier alpha value is -6.58. The van der Waals surface area contributed by atoms with E-state index in [2.05, 4.69) is 56.5 Å². The molecule has 0 spiro atoms.